The Hall–Kier alpha value is -0.910. The number of aromatic nitrogens is 2. The highest BCUT2D eigenvalue weighted by molar-refractivity contribution is 7.17. The van der Waals surface area contributed by atoms with Crippen molar-refractivity contribution < 1.29 is 4.74 Å². The van der Waals surface area contributed by atoms with Gasteiger partial charge in [-0.15, -0.1) is 11.3 Å². The summed E-state index contributed by atoms with van der Waals surface area (Å²) in [5.74, 6) is 0. The van der Waals surface area contributed by atoms with E-state index < -0.39 is 0 Å². The monoisotopic (exact) mass is 293 g/mol. The topological polar surface area (TPSA) is 38.6 Å². The van der Waals surface area contributed by atoms with Crippen molar-refractivity contribution in [1.82, 2.24) is 14.7 Å². The maximum Gasteiger partial charge on any atom is 0.194 e. The summed E-state index contributed by atoms with van der Waals surface area (Å²) in [5.41, 5.74) is 2.42. The highest BCUT2D eigenvalue weighted by Gasteiger charge is 2.14. The minimum absolute atomic E-state index is 0.464. The predicted octanol–water partition coefficient (Wildman–Crippen LogP) is 3.06. The van der Waals surface area contributed by atoms with E-state index in [0.717, 1.165) is 36.8 Å². The molecule has 1 unspecified atom stereocenters. The van der Waals surface area contributed by atoms with Crippen molar-refractivity contribution in [3.05, 3.63) is 22.5 Å². The molecule has 4 nitrogen and oxygen atoms in total. The molecular weight excluding hydrogens is 270 g/mol. The Morgan fingerprint density at radius 2 is 2.35 bits per heavy atom. The molecule has 0 radical (unpaired) electrons. The van der Waals surface area contributed by atoms with Crippen molar-refractivity contribution in [2.75, 3.05) is 13.2 Å². The maximum absolute atomic E-state index is 5.76. The second kappa shape index (κ2) is 6.24. The average molecular weight is 293 g/mol. The molecule has 3 heterocycles. The van der Waals surface area contributed by atoms with Crippen LogP contribution in [0.5, 0.6) is 0 Å². The molecule has 1 atom stereocenters. The van der Waals surface area contributed by atoms with Crippen molar-refractivity contribution in [1.29, 1.82) is 0 Å². The zero-order chi connectivity index (χ0) is 13.9. The highest BCUT2D eigenvalue weighted by atomic mass is 32.1. The maximum atomic E-state index is 5.76. The molecule has 0 aromatic carbocycles. The van der Waals surface area contributed by atoms with E-state index in [-0.39, 0.29) is 0 Å². The molecule has 3 rings (SSSR count). The normalized spacial score (nSPS) is 19.8. The molecule has 20 heavy (non-hydrogen) atoms. The molecule has 1 aliphatic rings. The molecule has 1 fully saturated rings. The molecule has 1 aliphatic heterocycles. The largest absolute Gasteiger partial charge is 0.378 e. The van der Waals surface area contributed by atoms with Gasteiger partial charge in [-0.2, -0.15) is 0 Å². The van der Waals surface area contributed by atoms with E-state index in [1.54, 1.807) is 11.3 Å². The van der Waals surface area contributed by atoms with Crippen LogP contribution in [0.25, 0.3) is 4.96 Å². The zero-order valence-electron chi connectivity index (χ0n) is 12.3. The number of rotatable bonds is 5. The minimum Gasteiger partial charge on any atom is -0.378 e. The molecule has 0 aliphatic carbocycles. The average Bonchev–Trinajstić information content (AvgIpc) is 2.92. The van der Waals surface area contributed by atoms with Gasteiger partial charge >= 0.3 is 0 Å². The third-order valence-corrected chi connectivity index (χ3v) is 4.85. The number of nitrogens with zero attached hydrogens (tertiary/aromatic N) is 2. The summed E-state index contributed by atoms with van der Waals surface area (Å²) in [7, 11) is 0. The van der Waals surface area contributed by atoms with Gasteiger partial charge in [0.05, 0.1) is 17.5 Å². The SMILES string of the molecule is Cc1cn2c(CNCCC3CCCCO3)c(C)nc2s1. The van der Waals surface area contributed by atoms with Gasteiger partial charge in [0.15, 0.2) is 4.96 Å². The standard InChI is InChI=1S/C15H23N3OS/c1-11-10-18-14(12(2)17-15(18)20-11)9-16-7-6-13-5-3-4-8-19-13/h10,13,16H,3-9H2,1-2H3. The Kier molecular flexibility index (Phi) is 4.38. The van der Waals surface area contributed by atoms with Gasteiger partial charge in [-0.1, -0.05) is 0 Å². The number of fused-ring (bicyclic) bond motifs is 1. The summed E-state index contributed by atoms with van der Waals surface area (Å²) in [6.07, 6.45) is 7.54. The Morgan fingerprint density at radius 3 is 3.15 bits per heavy atom. The Balaban J connectivity index is 1.52. The first kappa shape index (κ1) is 14.0. The third-order valence-electron chi connectivity index (χ3n) is 3.95. The summed E-state index contributed by atoms with van der Waals surface area (Å²) in [6.45, 7) is 7.07. The first-order valence-corrected chi connectivity index (χ1v) is 8.32. The van der Waals surface area contributed by atoms with Crippen LogP contribution in [0.4, 0.5) is 0 Å². The molecule has 1 N–H and O–H groups in total. The fourth-order valence-corrected chi connectivity index (χ4v) is 3.72. The fourth-order valence-electron chi connectivity index (χ4n) is 2.83. The molecular formula is C15H23N3OS. The summed E-state index contributed by atoms with van der Waals surface area (Å²) in [4.78, 5) is 7.03. The molecule has 2 aromatic rings. The Bertz CT molecular complexity index is 569. The number of hydrogen-bond donors (Lipinski definition) is 1. The summed E-state index contributed by atoms with van der Waals surface area (Å²) < 4.78 is 7.98. The summed E-state index contributed by atoms with van der Waals surface area (Å²) in [5, 5.41) is 3.54. The van der Waals surface area contributed by atoms with Crippen LogP contribution in [0.3, 0.4) is 0 Å². The summed E-state index contributed by atoms with van der Waals surface area (Å²) in [6, 6.07) is 0. The van der Waals surface area contributed by atoms with E-state index >= 15 is 0 Å². The zero-order valence-corrected chi connectivity index (χ0v) is 13.1. The van der Waals surface area contributed by atoms with Crippen molar-refractivity contribution in [3.8, 4) is 0 Å². The fraction of sp³-hybridized carbons (Fsp3) is 0.667. The van der Waals surface area contributed by atoms with Gasteiger partial charge in [0.25, 0.3) is 0 Å². The number of hydrogen-bond acceptors (Lipinski definition) is 4. The molecule has 2 aromatic heterocycles. The number of imidazole rings is 1. The van der Waals surface area contributed by atoms with Crippen LogP contribution < -0.4 is 5.32 Å². The van der Waals surface area contributed by atoms with Gasteiger partial charge in [0, 0.05) is 24.2 Å². The van der Waals surface area contributed by atoms with E-state index in [0.29, 0.717) is 6.10 Å². The lowest BCUT2D eigenvalue weighted by atomic mass is 10.1. The van der Waals surface area contributed by atoms with Crippen molar-refractivity contribution in [3.63, 3.8) is 0 Å². The number of ether oxygens (including phenoxy) is 1. The minimum atomic E-state index is 0.464. The van der Waals surface area contributed by atoms with Crippen LogP contribution in [0.2, 0.25) is 0 Å². The predicted molar refractivity (Wildman–Crippen MR) is 82.5 cm³/mol. The van der Waals surface area contributed by atoms with E-state index in [1.807, 2.05) is 0 Å². The molecule has 0 spiro atoms. The highest BCUT2D eigenvalue weighted by Crippen LogP contribution is 2.20. The molecule has 0 amide bonds. The van der Waals surface area contributed by atoms with Gasteiger partial charge in [-0.05, 0) is 46.1 Å². The van der Waals surface area contributed by atoms with Crippen LogP contribution in [0.1, 0.15) is 41.9 Å². The lowest BCUT2D eigenvalue weighted by molar-refractivity contribution is 0.0115. The first-order chi connectivity index (χ1) is 9.74. The van der Waals surface area contributed by atoms with Crippen LogP contribution in [0, 0.1) is 13.8 Å². The van der Waals surface area contributed by atoms with Crippen LogP contribution in [-0.4, -0.2) is 28.6 Å². The van der Waals surface area contributed by atoms with E-state index in [9.17, 15) is 0 Å². The number of aryl methyl sites for hydroxylation is 2. The molecule has 0 saturated carbocycles. The quantitative estimate of drug-likeness (QED) is 0.861. The molecule has 1 saturated heterocycles. The lowest BCUT2D eigenvalue weighted by Gasteiger charge is -2.22. The third kappa shape index (κ3) is 3.05. The second-order valence-corrected chi connectivity index (χ2v) is 6.81. The van der Waals surface area contributed by atoms with Crippen LogP contribution >= 0.6 is 11.3 Å². The van der Waals surface area contributed by atoms with Crippen LogP contribution in [-0.2, 0) is 11.3 Å². The Morgan fingerprint density at radius 1 is 1.45 bits per heavy atom. The molecule has 5 heteroatoms. The lowest BCUT2D eigenvalue weighted by Crippen LogP contribution is -2.25. The van der Waals surface area contributed by atoms with Crippen molar-refractivity contribution in [2.45, 2.75) is 52.2 Å². The first-order valence-electron chi connectivity index (χ1n) is 7.50. The van der Waals surface area contributed by atoms with Gasteiger partial charge in [0.1, 0.15) is 0 Å². The molecule has 0 bridgehead atoms. The van der Waals surface area contributed by atoms with Gasteiger partial charge in [-0.25, -0.2) is 4.98 Å². The van der Waals surface area contributed by atoms with E-state index in [2.05, 4.69) is 34.7 Å². The van der Waals surface area contributed by atoms with E-state index in [4.69, 9.17) is 4.74 Å². The Labute approximate surface area is 124 Å². The van der Waals surface area contributed by atoms with Crippen molar-refractivity contribution in [2.24, 2.45) is 0 Å². The van der Waals surface area contributed by atoms with Gasteiger partial charge < -0.3 is 10.1 Å². The molecule has 110 valence electrons. The van der Waals surface area contributed by atoms with E-state index in [1.165, 1.54) is 29.8 Å². The van der Waals surface area contributed by atoms with Gasteiger partial charge in [0.2, 0.25) is 0 Å². The number of thiazole rings is 1. The van der Waals surface area contributed by atoms with Gasteiger partial charge in [-0.3, -0.25) is 4.40 Å². The second-order valence-electron chi connectivity index (χ2n) is 5.59. The van der Waals surface area contributed by atoms with Crippen LogP contribution in [0.15, 0.2) is 6.20 Å². The van der Waals surface area contributed by atoms with Crippen molar-refractivity contribution >= 4 is 16.3 Å². The number of nitrogens with one attached hydrogen (secondary N) is 1. The smallest absolute Gasteiger partial charge is 0.194 e. The summed E-state index contributed by atoms with van der Waals surface area (Å²) >= 11 is 1.75.